The molecule has 4 heteroatoms. The third-order valence-corrected chi connectivity index (χ3v) is 5.44. The molecule has 28 heavy (non-hydrogen) atoms. The quantitative estimate of drug-likeness (QED) is 0.555. The third kappa shape index (κ3) is 5.86. The molecule has 156 valence electrons. The minimum absolute atomic E-state index is 0.0360. The van der Waals surface area contributed by atoms with Crippen LogP contribution < -0.4 is 9.47 Å². The fourth-order valence-corrected chi connectivity index (χ4v) is 3.95. The summed E-state index contributed by atoms with van der Waals surface area (Å²) in [5.41, 5.74) is 3.90. The van der Waals surface area contributed by atoms with Crippen molar-refractivity contribution in [2.75, 3.05) is 13.7 Å². The molecule has 2 N–H and O–H groups in total. The van der Waals surface area contributed by atoms with E-state index in [1.54, 1.807) is 7.11 Å². The van der Waals surface area contributed by atoms with Gasteiger partial charge in [-0.25, -0.2) is 0 Å². The van der Waals surface area contributed by atoms with E-state index in [2.05, 4.69) is 32.9 Å². The fourth-order valence-electron chi connectivity index (χ4n) is 3.95. The minimum atomic E-state index is -0.659. The normalized spacial score (nSPS) is 21.7. The molecule has 0 spiro atoms. The van der Waals surface area contributed by atoms with Gasteiger partial charge in [0.25, 0.3) is 0 Å². The molecule has 4 nitrogen and oxygen atoms in total. The van der Waals surface area contributed by atoms with Crippen molar-refractivity contribution in [2.45, 2.75) is 77.9 Å². The molecule has 0 bridgehead atoms. The smallest absolute Gasteiger partial charge is 0.129 e. The van der Waals surface area contributed by atoms with Gasteiger partial charge in [-0.3, -0.25) is 0 Å². The van der Waals surface area contributed by atoms with Crippen molar-refractivity contribution in [1.82, 2.24) is 0 Å². The molecule has 2 atom stereocenters. The van der Waals surface area contributed by atoms with Crippen LogP contribution in [-0.4, -0.2) is 29.5 Å². The van der Waals surface area contributed by atoms with Crippen LogP contribution in [0.25, 0.3) is 0 Å². The predicted molar refractivity (Wildman–Crippen MR) is 114 cm³/mol. The zero-order valence-corrected chi connectivity index (χ0v) is 18.0. The van der Waals surface area contributed by atoms with Crippen LogP contribution in [0.4, 0.5) is 0 Å². The highest BCUT2D eigenvalue weighted by molar-refractivity contribution is 5.50. The lowest BCUT2D eigenvalue weighted by atomic mass is 9.82. The number of fused-ring (bicyclic) bond motifs is 1. The van der Waals surface area contributed by atoms with Gasteiger partial charge in [0.05, 0.1) is 18.8 Å². The number of ether oxygens (including phenoxy) is 2. The average Bonchev–Trinajstić information content (AvgIpc) is 2.60. The van der Waals surface area contributed by atoms with Gasteiger partial charge in [0.1, 0.15) is 17.1 Å². The van der Waals surface area contributed by atoms with Crippen LogP contribution in [-0.2, 0) is 0 Å². The molecular weight excluding hydrogens is 352 g/mol. The number of aryl methyl sites for hydroxylation is 1. The number of benzene rings is 1. The highest BCUT2D eigenvalue weighted by atomic mass is 16.5. The van der Waals surface area contributed by atoms with Crippen LogP contribution in [0.1, 0.15) is 76.5 Å². The Bertz CT molecular complexity index is 716. The van der Waals surface area contributed by atoms with Gasteiger partial charge < -0.3 is 19.7 Å². The van der Waals surface area contributed by atoms with Crippen molar-refractivity contribution >= 4 is 0 Å². The van der Waals surface area contributed by atoms with Crippen LogP contribution in [0.2, 0.25) is 0 Å². The lowest BCUT2D eigenvalue weighted by molar-refractivity contribution is -0.0349. The first kappa shape index (κ1) is 22.5. The van der Waals surface area contributed by atoms with E-state index in [0.29, 0.717) is 24.3 Å². The van der Waals surface area contributed by atoms with Gasteiger partial charge in [-0.05, 0) is 71.1 Å². The Labute approximate surface area is 169 Å². The molecule has 0 unspecified atom stereocenters. The largest absolute Gasteiger partial charge is 0.496 e. The molecule has 0 aromatic heterocycles. The van der Waals surface area contributed by atoms with Crippen LogP contribution >= 0.6 is 0 Å². The molecule has 1 aliphatic heterocycles. The molecule has 2 rings (SSSR count). The lowest BCUT2D eigenvalue weighted by Gasteiger charge is -2.41. The molecule has 1 aromatic carbocycles. The van der Waals surface area contributed by atoms with Crippen LogP contribution in [0, 0.1) is 6.92 Å². The van der Waals surface area contributed by atoms with E-state index < -0.39 is 11.7 Å². The third-order valence-electron chi connectivity index (χ3n) is 5.44. The van der Waals surface area contributed by atoms with Gasteiger partial charge in [-0.2, -0.15) is 0 Å². The van der Waals surface area contributed by atoms with E-state index in [4.69, 9.17) is 9.47 Å². The molecule has 0 aliphatic carbocycles. The summed E-state index contributed by atoms with van der Waals surface area (Å²) in [4.78, 5) is 0. The molecule has 1 aliphatic rings. The standard InChI is InChI=1S/C24H36O4/c1-17(2)8-6-9-18(3)10-7-11-24(12-13-25)16-20(26)23-21(27-5)14-19(4)15-22(23)28-24/h8,10,14-15,20,25-26H,6-7,9,11-13,16H2,1-5H3/b18-10+/t20-,24+/m0/s1. The van der Waals surface area contributed by atoms with Crippen molar-refractivity contribution in [3.8, 4) is 11.5 Å². The van der Waals surface area contributed by atoms with E-state index in [9.17, 15) is 10.2 Å². The van der Waals surface area contributed by atoms with Gasteiger partial charge in [0, 0.05) is 19.4 Å². The Morgan fingerprint density at radius 2 is 1.96 bits per heavy atom. The summed E-state index contributed by atoms with van der Waals surface area (Å²) in [6.07, 6.45) is 8.59. The van der Waals surface area contributed by atoms with Gasteiger partial charge in [0.2, 0.25) is 0 Å². The van der Waals surface area contributed by atoms with Gasteiger partial charge in [-0.15, -0.1) is 0 Å². The second kappa shape index (κ2) is 10.1. The number of hydrogen-bond donors (Lipinski definition) is 2. The monoisotopic (exact) mass is 388 g/mol. The Balaban J connectivity index is 2.14. The Kier molecular flexibility index (Phi) is 8.14. The molecule has 0 saturated carbocycles. The zero-order chi connectivity index (χ0) is 20.7. The highest BCUT2D eigenvalue weighted by Crippen LogP contribution is 2.47. The van der Waals surface area contributed by atoms with E-state index in [0.717, 1.165) is 36.8 Å². The summed E-state index contributed by atoms with van der Waals surface area (Å²) in [5, 5.41) is 20.5. The van der Waals surface area contributed by atoms with Crippen molar-refractivity contribution in [3.63, 3.8) is 0 Å². The minimum Gasteiger partial charge on any atom is -0.496 e. The Hall–Kier alpha value is -1.78. The van der Waals surface area contributed by atoms with Crippen molar-refractivity contribution in [3.05, 3.63) is 46.6 Å². The summed E-state index contributed by atoms with van der Waals surface area (Å²) in [6.45, 7) is 8.43. The first-order chi connectivity index (χ1) is 13.3. The number of allylic oxidation sites excluding steroid dienone is 4. The molecule has 0 fully saturated rings. The molecule has 1 aromatic rings. The highest BCUT2D eigenvalue weighted by Gasteiger charge is 2.41. The SMILES string of the molecule is COc1cc(C)cc2c1[C@@H](O)C[C@](CCO)(CC/C=C(\C)CCC=C(C)C)O2. The number of rotatable bonds is 9. The Morgan fingerprint density at radius 3 is 2.61 bits per heavy atom. The zero-order valence-electron chi connectivity index (χ0n) is 18.0. The summed E-state index contributed by atoms with van der Waals surface area (Å²) >= 11 is 0. The topological polar surface area (TPSA) is 58.9 Å². The molecule has 1 heterocycles. The maximum atomic E-state index is 10.8. The summed E-state index contributed by atoms with van der Waals surface area (Å²) in [6, 6.07) is 3.87. The second-order valence-corrected chi connectivity index (χ2v) is 8.27. The number of hydrogen-bond acceptors (Lipinski definition) is 4. The molecule has 0 radical (unpaired) electrons. The fraction of sp³-hybridized carbons (Fsp3) is 0.583. The lowest BCUT2D eigenvalue weighted by Crippen LogP contribution is -2.42. The molecular formula is C24H36O4. The van der Waals surface area contributed by atoms with Gasteiger partial charge in [0.15, 0.2) is 0 Å². The summed E-state index contributed by atoms with van der Waals surface area (Å²) < 4.78 is 11.9. The molecule has 0 amide bonds. The maximum absolute atomic E-state index is 10.8. The van der Waals surface area contributed by atoms with E-state index >= 15 is 0 Å². The van der Waals surface area contributed by atoms with E-state index in [1.807, 2.05) is 19.1 Å². The molecule has 0 saturated heterocycles. The second-order valence-electron chi connectivity index (χ2n) is 8.27. The van der Waals surface area contributed by atoms with Crippen LogP contribution in [0.5, 0.6) is 11.5 Å². The Morgan fingerprint density at radius 1 is 1.21 bits per heavy atom. The van der Waals surface area contributed by atoms with Crippen molar-refractivity contribution in [2.24, 2.45) is 0 Å². The summed E-state index contributed by atoms with van der Waals surface area (Å²) in [7, 11) is 1.61. The van der Waals surface area contributed by atoms with Crippen molar-refractivity contribution in [1.29, 1.82) is 0 Å². The van der Waals surface area contributed by atoms with Gasteiger partial charge in [-0.1, -0.05) is 23.3 Å². The van der Waals surface area contributed by atoms with Crippen LogP contribution in [0.15, 0.2) is 35.4 Å². The number of methoxy groups -OCH3 is 1. The van der Waals surface area contributed by atoms with Gasteiger partial charge >= 0.3 is 0 Å². The van der Waals surface area contributed by atoms with E-state index in [1.165, 1.54) is 11.1 Å². The predicted octanol–water partition coefficient (Wildman–Crippen LogP) is 5.41. The number of aliphatic hydroxyl groups excluding tert-OH is 2. The first-order valence-corrected chi connectivity index (χ1v) is 10.3. The number of aliphatic hydroxyl groups is 2. The summed E-state index contributed by atoms with van der Waals surface area (Å²) in [5.74, 6) is 1.34. The van der Waals surface area contributed by atoms with E-state index in [-0.39, 0.29) is 6.61 Å². The first-order valence-electron chi connectivity index (χ1n) is 10.3. The maximum Gasteiger partial charge on any atom is 0.129 e. The van der Waals surface area contributed by atoms with Crippen LogP contribution in [0.3, 0.4) is 0 Å². The van der Waals surface area contributed by atoms with Crippen molar-refractivity contribution < 1.29 is 19.7 Å². The average molecular weight is 389 g/mol.